The van der Waals surface area contributed by atoms with Crippen LogP contribution in [0.3, 0.4) is 0 Å². The normalized spacial score (nSPS) is 33.4. The van der Waals surface area contributed by atoms with E-state index in [-0.39, 0.29) is 35.7 Å². The molecular weight excluding hydrogens is 458 g/mol. The topological polar surface area (TPSA) is 108 Å². The van der Waals surface area contributed by atoms with Crippen LogP contribution in [-0.4, -0.2) is 69.7 Å². The van der Waals surface area contributed by atoms with Gasteiger partial charge in [-0.2, -0.15) is 0 Å². The maximum atomic E-state index is 14.2. The van der Waals surface area contributed by atoms with Crippen molar-refractivity contribution in [3.8, 4) is 0 Å². The van der Waals surface area contributed by atoms with Crippen molar-refractivity contribution >= 4 is 17.7 Å². The van der Waals surface area contributed by atoms with Gasteiger partial charge in [-0.1, -0.05) is 48.0 Å². The van der Waals surface area contributed by atoms with Crippen molar-refractivity contribution in [3.05, 3.63) is 0 Å². The highest BCUT2D eigenvalue weighted by molar-refractivity contribution is 5.99. The molecule has 0 saturated carbocycles. The number of hydrogen-bond acceptors (Lipinski definition) is 5. The standard InChI is InChI=1S/C28H49N3O5/c1-10-14-29-22(33)19-20-24(35)31(18(15-32)17(3)11-2)21(28(20)13-12-27(19,9)36-28)23(34)30-26(7,8)16-25(4,5)6/h17-21,32H,10-16H2,1-9H3,(H,29,33)(H,30,34)/t17-,18-,19-,20-,21?,27+,28?/m0/s1. The van der Waals surface area contributed by atoms with Gasteiger partial charge >= 0.3 is 0 Å². The van der Waals surface area contributed by atoms with Gasteiger partial charge in [0.25, 0.3) is 0 Å². The molecule has 3 saturated heterocycles. The highest BCUT2D eigenvalue weighted by atomic mass is 16.5. The summed E-state index contributed by atoms with van der Waals surface area (Å²) in [5.74, 6) is -2.12. The fourth-order valence-corrected chi connectivity index (χ4v) is 7.37. The number of amides is 3. The fraction of sp³-hybridized carbons (Fsp3) is 0.893. The number of nitrogens with one attached hydrogen (secondary N) is 2. The highest BCUT2D eigenvalue weighted by Crippen LogP contribution is 2.63. The van der Waals surface area contributed by atoms with Crippen LogP contribution in [0.2, 0.25) is 0 Å². The van der Waals surface area contributed by atoms with E-state index >= 15 is 0 Å². The minimum atomic E-state index is -1.08. The van der Waals surface area contributed by atoms with Crippen molar-refractivity contribution in [1.29, 1.82) is 0 Å². The predicted molar refractivity (Wildman–Crippen MR) is 139 cm³/mol. The monoisotopic (exact) mass is 507 g/mol. The minimum absolute atomic E-state index is 0.00854. The van der Waals surface area contributed by atoms with Gasteiger partial charge in [0.1, 0.15) is 11.6 Å². The van der Waals surface area contributed by atoms with Crippen LogP contribution in [0.1, 0.15) is 94.4 Å². The quantitative estimate of drug-likeness (QED) is 0.421. The van der Waals surface area contributed by atoms with Crippen molar-refractivity contribution in [1.82, 2.24) is 15.5 Å². The second kappa shape index (κ2) is 9.90. The van der Waals surface area contributed by atoms with Crippen LogP contribution in [0.4, 0.5) is 0 Å². The third-order valence-corrected chi connectivity index (χ3v) is 8.57. The molecule has 2 unspecified atom stereocenters. The van der Waals surface area contributed by atoms with Crippen LogP contribution in [0.5, 0.6) is 0 Å². The van der Waals surface area contributed by atoms with Crippen LogP contribution in [0, 0.1) is 23.2 Å². The molecule has 8 nitrogen and oxygen atoms in total. The Bertz CT molecular complexity index is 868. The Hall–Kier alpha value is -1.67. The molecule has 0 aromatic heterocycles. The molecule has 36 heavy (non-hydrogen) atoms. The zero-order valence-corrected chi connectivity index (χ0v) is 23.9. The minimum Gasteiger partial charge on any atom is -0.394 e. The number of ether oxygens (including phenoxy) is 1. The summed E-state index contributed by atoms with van der Waals surface area (Å²) in [4.78, 5) is 43.3. The van der Waals surface area contributed by atoms with E-state index in [0.29, 0.717) is 19.4 Å². The van der Waals surface area contributed by atoms with E-state index in [1.807, 2.05) is 41.5 Å². The van der Waals surface area contributed by atoms with Gasteiger partial charge in [-0.25, -0.2) is 0 Å². The van der Waals surface area contributed by atoms with Crippen LogP contribution in [0.25, 0.3) is 0 Å². The van der Waals surface area contributed by atoms with Crippen LogP contribution >= 0.6 is 0 Å². The summed E-state index contributed by atoms with van der Waals surface area (Å²) in [6, 6.07) is -1.43. The molecule has 8 heteroatoms. The summed E-state index contributed by atoms with van der Waals surface area (Å²) in [7, 11) is 0. The van der Waals surface area contributed by atoms with Crippen molar-refractivity contribution in [2.75, 3.05) is 13.2 Å². The molecule has 3 amide bonds. The van der Waals surface area contributed by atoms with E-state index in [2.05, 4.69) is 31.4 Å². The van der Waals surface area contributed by atoms with Gasteiger partial charge < -0.3 is 25.4 Å². The van der Waals surface area contributed by atoms with Crippen LogP contribution in [0.15, 0.2) is 0 Å². The number of hydrogen-bond donors (Lipinski definition) is 3. The number of fused-ring (bicyclic) bond motifs is 1. The molecule has 2 bridgehead atoms. The second-order valence-electron chi connectivity index (χ2n) is 13.5. The first-order valence-corrected chi connectivity index (χ1v) is 13.8. The molecule has 0 radical (unpaired) electrons. The maximum absolute atomic E-state index is 14.2. The molecule has 3 heterocycles. The Morgan fingerprint density at radius 3 is 2.33 bits per heavy atom. The molecule has 3 aliphatic heterocycles. The molecular formula is C28H49N3O5. The van der Waals surface area contributed by atoms with Crippen LogP contribution < -0.4 is 10.6 Å². The van der Waals surface area contributed by atoms with Gasteiger partial charge in [0.2, 0.25) is 17.7 Å². The van der Waals surface area contributed by atoms with Crippen molar-refractivity contribution < 1.29 is 24.2 Å². The lowest BCUT2D eigenvalue weighted by Gasteiger charge is -2.41. The number of aliphatic hydroxyl groups excluding tert-OH is 1. The summed E-state index contributed by atoms with van der Waals surface area (Å²) in [6.45, 7) is 18.6. The fourth-order valence-electron chi connectivity index (χ4n) is 7.37. The average molecular weight is 508 g/mol. The van der Waals surface area contributed by atoms with Gasteiger partial charge in [0, 0.05) is 12.1 Å². The Morgan fingerprint density at radius 1 is 1.17 bits per heavy atom. The first-order valence-electron chi connectivity index (χ1n) is 13.8. The highest BCUT2D eigenvalue weighted by Gasteiger charge is 2.78. The number of aliphatic hydroxyl groups is 1. The van der Waals surface area contributed by atoms with Crippen molar-refractivity contribution in [2.45, 2.75) is 123 Å². The summed E-state index contributed by atoms with van der Waals surface area (Å²) in [6.07, 6.45) is 3.43. The molecule has 0 aliphatic carbocycles. The Labute approximate surface area is 217 Å². The predicted octanol–water partition coefficient (Wildman–Crippen LogP) is 3.02. The Morgan fingerprint density at radius 2 is 1.81 bits per heavy atom. The molecule has 206 valence electrons. The lowest BCUT2D eigenvalue weighted by molar-refractivity contribution is -0.151. The number of carbonyl (C=O) groups is 3. The van der Waals surface area contributed by atoms with Gasteiger partial charge in [-0.3, -0.25) is 14.4 Å². The molecule has 3 rings (SSSR count). The molecule has 3 fully saturated rings. The van der Waals surface area contributed by atoms with Crippen LogP contribution in [-0.2, 0) is 19.1 Å². The average Bonchev–Trinajstić information content (AvgIpc) is 3.31. The van der Waals surface area contributed by atoms with E-state index in [4.69, 9.17) is 4.74 Å². The molecule has 3 N–H and O–H groups in total. The summed E-state index contributed by atoms with van der Waals surface area (Å²) < 4.78 is 6.68. The second-order valence-corrected chi connectivity index (χ2v) is 13.5. The van der Waals surface area contributed by atoms with E-state index in [0.717, 1.165) is 19.3 Å². The molecule has 0 aromatic carbocycles. The molecule has 7 atom stereocenters. The molecule has 1 spiro atoms. The SMILES string of the molecule is CCCNC(=O)[C@@H]1[C@H]2C(=O)N([C@@H](CO)[C@@H](C)CC)C(C(=O)NC(C)(C)CC(C)(C)C)C23CC[C@@]1(C)O3. The number of rotatable bonds is 10. The third-order valence-electron chi connectivity index (χ3n) is 8.57. The largest absolute Gasteiger partial charge is 0.394 e. The maximum Gasteiger partial charge on any atom is 0.246 e. The summed E-state index contributed by atoms with van der Waals surface area (Å²) in [5.41, 5.74) is -2.40. The summed E-state index contributed by atoms with van der Waals surface area (Å²) >= 11 is 0. The van der Waals surface area contributed by atoms with Crippen molar-refractivity contribution in [2.24, 2.45) is 23.2 Å². The van der Waals surface area contributed by atoms with E-state index in [1.165, 1.54) is 0 Å². The number of likely N-dealkylation sites (tertiary alicyclic amines) is 1. The first-order chi connectivity index (χ1) is 16.6. The first kappa shape index (κ1) is 28.9. The number of nitrogens with zero attached hydrogens (tertiary/aromatic N) is 1. The van der Waals surface area contributed by atoms with E-state index < -0.39 is 40.7 Å². The van der Waals surface area contributed by atoms with Gasteiger partial charge in [0.05, 0.1) is 30.1 Å². The van der Waals surface area contributed by atoms with Crippen molar-refractivity contribution in [3.63, 3.8) is 0 Å². The zero-order valence-electron chi connectivity index (χ0n) is 23.9. The smallest absolute Gasteiger partial charge is 0.246 e. The Balaban J connectivity index is 2.07. The van der Waals surface area contributed by atoms with E-state index in [1.54, 1.807) is 4.90 Å². The molecule has 0 aromatic rings. The summed E-state index contributed by atoms with van der Waals surface area (Å²) in [5, 5.41) is 16.6. The van der Waals surface area contributed by atoms with Gasteiger partial charge in [-0.15, -0.1) is 0 Å². The third kappa shape index (κ3) is 4.92. The zero-order chi connectivity index (χ0) is 27.3. The number of carbonyl (C=O) groups excluding carboxylic acids is 3. The van der Waals surface area contributed by atoms with Gasteiger partial charge in [-0.05, 0) is 57.8 Å². The lowest BCUT2D eigenvalue weighted by atomic mass is 9.66. The molecule has 3 aliphatic rings. The lowest BCUT2D eigenvalue weighted by Crippen LogP contribution is -2.62. The van der Waals surface area contributed by atoms with E-state index in [9.17, 15) is 19.5 Å². The Kier molecular flexibility index (Phi) is 7.94. The van der Waals surface area contributed by atoms with Gasteiger partial charge in [0.15, 0.2) is 0 Å².